The molecule has 2 aromatic rings. The minimum absolute atomic E-state index is 0.252. The zero-order valence-electron chi connectivity index (χ0n) is 13.0. The number of nitrogens with zero attached hydrogens (tertiary/aromatic N) is 6. The number of nitrogens with one attached hydrogen (secondary N) is 1. The van der Waals surface area contributed by atoms with Gasteiger partial charge in [0.15, 0.2) is 0 Å². The molecule has 8 heteroatoms. The molecule has 2 amide bonds. The van der Waals surface area contributed by atoms with Crippen LogP contribution >= 0.6 is 0 Å². The monoisotopic (exact) mass is 291 g/mol. The first-order chi connectivity index (χ1) is 9.86. The Morgan fingerprint density at radius 1 is 1.48 bits per heavy atom. The van der Waals surface area contributed by atoms with Crippen LogP contribution in [0.5, 0.6) is 0 Å². The molecule has 0 aliphatic heterocycles. The number of hydrogen-bond donors (Lipinski definition) is 1. The molecule has 8 nitrogen and oxygen atoms in total. The maximum Gasteiger partial charge on any atom is 0.324 e. The quantitative estimate of drug-likeness (QED) is 0.927. The average molecular weight is 291 g/mol. The number of anilines is 1. The topological polar surface area (TPSA) is 80.9 Å². The van der Waals surface area contributed by atoms with Crippen LogP contribution in [0.2, 0.25) is 0 Å². The summed E-state index contributed by atoms with van der Waals surface area (Å²) in [6.45, 7) is 6.42. The molecule has 2 rings (SSSR count). The summed E-state index contributed by atoms with van der Waals surface area (Å²) in [5, 5.41) is 11.0. The van der Waals surface area contributed by atoms with E-state index in [0.717, 1.165) is 11.4 Å². The van der Waals surface area contributed by atoms with Gasteiger partial charge in [0.1, 0.15) is 5.82 Å². The Morgan fingerprint density at radius 3 is 2.71 bits per heavy atom. The number of aryl methyl sites for hydroxylation is 2. The first-order valence-corrected chi connectivity index (χ1v) is 6.79. The lowest BCUT2D eigenvalue weighted by molar-refractivity contribution is 0.220. The lowest BCUT2D eigenvalue weighted by Crippen LogP contribution is -2.31. The fourth-order valence-corrected chi connectivity index (χ4v) is 1.79. The highest BCUT2D eigenvalue weighted by Crippen LogP contribution is 2.08. The van der Waals surface area contributed by atoms with Gasteiger partial charge in [-0.05, 0) is 20.8 Å². The average Bonchev–Trinajstić information content (AvgIpc) is 2.97. The molecule has 0 bridgehead atoms. The number of hydrogen-bond acceptors (Lipinski definition) is 4. The van der Waals surface area contributed by atoms with Gasteiger partial charge in [-0.15, -0.1) is 5.10 Å². The SMILES string of the molecule is Cc1nc(NC(=O)N(C)Cc2cnn(C(C)C)c2)nn1C. The highest BCUT2D eigenvalue weighted by molar-refractivity contribution is 5.87. The Bertz CT molecular complexity index is 609. The third kappa shape index (κ3) is 3.59. The zero-order chi connectivity index (χ0) is 15.6. The summed E-state index contributed by atoms with van der Waals surface area (Å²) in [7, 11) is 3.50. The molecule has 0 aliphatic carbocycles. The van der Waals surface area contributed by atoms with Crippen LogP contribution in [0.4, 0.5) is 10.7 Å². The van der Waals surface area contributed by atoms with Crippen molar-refractivity contribution in [1.82, 2.24) is 29.4 Å². The number of aromatic nitrogens is 5. The molecular formula is C13H21N7O. The summed E-state index contributed by atoms with van der Waals surface area (Å²) in [6, 6.07) is 0.0523. The van der Waals surface area contributed by atoms with Crippen molar-refractivity contribution in [2.75, 3.05) is 12.4 Å². The van der Waals surface area contributed by atoms with Gasteiger partial charge in [-0.2, -0.15) is 10.1 Å². The Labute approximate surface area is 123 Å². The van der Waals surface area contributed by atoms with Crippen molar-refractivity contribution in [3.8, 4) is 0 Å². The van der Waals surface area contributed by atoms with Crippen LogP contribution in [0.25, 0.3) is 0 Å². The van der Waals surface area contributed by atoms with E-state index in [1.807, 2.05) is 17.8 Å². The molecule has 0 aliphatic rings. The van der Waals surface area contributed by atoms with Crippen molar-refractivity contribution in [1.29, 1.82) is 0 Å². The van der Waals surface area contributed by atoms with Crippen LogP contribution in [-0.4, -0.2) is 42.5 Å². The van der Waals surface area contributed by atoms with Crippen LogP contribution < -0.4 is 5.32 Å². The highest BCUT2D eigenvalue weighted by atomic mass is 16.2. The van der Waals surface area contributed by atoms with E-state index >= 15 is 0 Å². The van der Waals surface area contributed by atoms with E-state index in [2.05, 4.69) is 34.3 Å². The molecule has 0 saturated heterocycles. The van der Waals surface area contributed by atoms with Crippen molar-refractivity contribution < 1.29 is 4.79 Å². The molecule has 0 aromatic carbocycles. The molecule has 0 radical (unpaired) electrons. The lowest BCUT2D eigenvalue weighted by atomic mass is 10.3. The maximum atomic E-state index is 12.1. The van der Waals surface area contributed by atoms with E-state index < -0.39 is 0 Å². The lowest BCUT2D eigenvalue weighted by Gasteiger charge is -2.15. The molecule has 0 unspecified atom stereocenters. The third-order valence-electron chi connectivity index (χ3n) is 3.15. The normalized spacial score (nSPS) is 11.0. The van der Waals surface area contributed by atoms with Crippen LogP contribution in [0.3, 0.4) is 0 Å². The van der Waals surface area contributed by atoms with E-state index in [-0.39, 0.29) is 6.03 Å². The van der Waals surface area contributed by atoms with Gasteiger partial charge in [-0.1, -0.05) is 0 Å². The summed E-state index contributed by atoms with van der Waals surface area (Å²) in [5.74, 6) is 1.05. The Balaban J connectivity index is 1.95. The summed E-state index contributed by atoms with van der Waals surface area (Å²) >= 11 is 0. The fraction of sp³-hybridized carbons (Fsp3) is 0.538. The maximum absolute atomic E-state index is 12.1. The van der Waals surface area contributed by atoms with Crippen LogP contribution in [-0.2, 0) is 13.6 Å². The summed E-state index contributed by atoms with van der Waals surface area (Å²) in [4.78, 5) is 17.8. The van der Waals surface area contributed by atoms with Gasteiger partial charge in [0.2, 0.25) is 5.95 Å². The van der Waals surface area contributed by atoms with Gasteiger partial charge in [0.25, 0.3) is 0 Å². The second kappa shape index (κ2) is 5.94. The van der Waals surface area contributed by atoms with Crippen LogP contribution in [0.1, 0.15) is 31.3 Å². The smallest absolute Gasteiger partial charge is 0.323 e. The van der Waals surface area contributed by atoms with Crippen molar-refractivity contribution in [2.45, 2.75) is 33.4 Å². The highest BCUT2D eigenvalue weighted by Gasteiger charge is 2.13. The first-order valence-electron chi connectivity index (χ1n) is 6.79. The molecular weight excluding hydrogens is 270 g/mol. The number of urea groups is 1. The summed E-state index contributed by atoms with van der Waals surface area (Å²) in [5.41, 5.74) is 0.978. The largest absolute Gasteiger partial charge is 0.324 e. The standard InChI is InChI=1S/C13H21N7O/c1-9(2)20-8-11(6-14-20)7-18(4)13(21)16-12-15-10(3)19(5)17-12/h6,8-9H,7H2,1-5H3,(H,16,17,21). The van der Waals surface area contributed by atoms with Gasteiger partial charge in [0, 0.05) is 31.9 Å². The second-order valence-electron chi connectivity index (χ2n) is 5.31. The number of carbonyl (C=O) groups is 1. The fourth-order valence-electron chi connectivity index (χ4n) is 1.79. The first kappa shape index (κ1) is 15.0. The van der Waals surface area contributed by atoms with E-state index in [9.17, 15) is 4.79 Å². The zero-order valence-corrected chi connectivity index (χ0v) is 13.0. The predicted molar refractivity (Wildman–Crippen MR) is 78.8 cm³/mol. The molecule has 2 aromatic heterocycles. The Kier molecular flexibility index (Phi) is 4.25. The van der Waals surface area contributed by atoms with Gasteiger partial charge in [-0.25, -0.2) is 4.79 Å². The molecule has 0 atom stereocenters. The van der Waals surface area contributed by atoms with E-state index in [4.69, 9.17) is 0 Å². The van der Waals surface area contributed by atoms with E-state index in [1.165, 1.54) is 0 Å². The number of rotatable bonds is 4. The minimum atomic E-state index is -0.252. The molecule has 0 saturated carbocycles. The van der Waals surface area contributed by atoms with Crippen molar-refractivity contribution in [3.63, 3.8) is 0 Å². The molecule has 0 fully saturated rings. The molecule has 0 spiro atoms. The molecule has 21 heavy (non-hydrogen) atoms. The van der Waals surface area contributed by atoms with Gasteiger partial charge < -0.3 is 4.90 Å². The van der Waals surface area contributed by atoms with Crippen molar-refractivity contribution >= 4 is 12.0 Å². The summed E-state index contributed by atoms with van der Waals surface area (Å²) in [6.07, 6.45) is 3.71. The second-order valence-corrected chi connectivity index (χ2v) is 5.31. The Morgan fingerprint density at radius 2 is 2.19 bits per heavy atom. The van der Waals surface area contributed by atoms with Crippen LogP contribution in [0, 0.1) is 6.92 Å². The third-order valence-corrected chi connectivity index (χ3v) is 3.15. The van der Waals surface area contributed by atoms with Crippen molar-refractivity contribution in [2.24, 2.45) is 7.05 Å². The molecule has 114 valence electrons. The minimum Gasteiger partial charge on any atom is -0.323 e. The summed E-state index contributed by atoms with van der Waals surface area (Å²) < 4.78 is 3.48. The van der Waals surface area contributed by atoms with Crippen LogP contribution in [0.15, 0.2) is 12.4 Å². The molecule has 2 heterocycles. The predicted octanol–water partition coefficient (Wildman–Crippen LogP) is 1.56. The number of amides is 2. The van der Waals surface area contributed by atoms with Gasteiger partial charge >= 0.3 is 6.03 Å². The van der Waals surface area contributed by atoms with Crippen molar-refractivity contribution in [3.05, 3.63) is 23.8 Å². The van der Waals surface area contributed by atoms with E-state index in [0.29, 0.717) is 18.5 Å². The Hall–Kier alpha value is -2.38. The van der Waals surface area contributed by atoms with Gasteiger partial charge in [0.05, 0.1) is 12.7 Å². The van der Waals surface area contributed by atoms with E-state index in [1.54, 1.807) is 29.9 Å². The van der Waals surface area contributed by atoms with Gasteiger partial charge in [-0.3, -0.25) is 14.7 Å². The number of carbonyl (C=O) groups excluding carboxylic acids is 1. The molecule has 1 N–H and O–H groups in total.